The van der Waals surface area contributed by atoms with E-state index in [1.54, 1.807) is 0 Å². The predicted molar refractivity (Wildman–Crippen MR) is 78.2 cm³/mol. The fourth-order valence-corrected chi connectivity index (χ4v) is 2.64. The van der Waals surface area contributed by atoms with Crippen molar-refractivity contribution in [2.75, 3.05) is 6.54 Å². The molecule has 2 N–H and O–H groups in total. The van der Waals surface area contributed by atoms with E-state index >= 15 is 0 Å². The Labute approximate surface area is 118 Å². The molecule has 0 aliphatic heterocycles. The zero-order valence-electron chi connectivity index (χ0n) is 11.7. The number of amides is 1. The monoisotopic (exact) mass is 272 g/mol. The number of carbonyl (C=O) groups excluding carboxylic acids is 1. The zero-order chi connectivity index (χ0) is 14.1. The molecule has 0 unspecified atom stereocenters. The van der Waals surface area contributed by atoms with E-state index < -0.39 is 6.10 Å². The quantitative estimate of drug-likeness (QED) is 0.896. The van der Waals surface area contributed by atoms with Crippen molar-refractivity contribution in [2.45, 2.75) is 25.4 Å². The maximum Gasteiger partial charge on any atom is 0.223 e. The highest BCUT2D eigenvalue weighted by Crippen LogP contribution is 2.26. The largest absolute Gasteiger partial charge is 0.387 e. The molecule has 20 heavy (non-hydrogen) atoms. The number of hydrogen-bond donors (Lipinski definition) is 2. The molecule has 0 saturated heterocycles. The highest BCUT2D eigenvalue weighted by Gasteiger charge is 2.25. The van der Waals surface area contributed by atoms with Crippen LogP contribution < -0.4 is 5.32 Å². The van der Waals surface area contributed by atoms with Gasteiger partial charge in [0.25, 0.3) is 0 Å². The highest BCUT2D eigenvalue weighted by molar-refractivity contribution is 5.81. The summed E-state index contributed by atoms with van der Waals surface area (Å²) in [6.45, 7) is 0.285. The van der Waals surface area contributed by atoms with Gasteiger partial charge in [-0.15, -0.1) is 0 Å². The second-order valence-electron chi connectivity index (χ2n) is 5.63. The molecule has 2 aromatic rings. The van der Waals surface area contributed by atoms with Crippen LogP contribution in [-0.4, -0.2) is 22.1 Å². The number of fused-ring (bicyclic) bond motifs is 1. The van der Waals surface area contributed by atoms with Crippen molar-refractivity contribution in [1.29, 1.82) is 0 Å². The fraction of sp³-hybridized carbons (Fsp3) is 0.438. The fourth-order valence-electron chi connectivity index (χ4n) is 2.64. The van der Waals surface area contributed by atoms with E-state index in [-0.39, 0.29) is 18.4 Å². The number of aromatic nitrogens is 1. The van der Waals surface area contributed by atoms with Gasteiger partial charge in [0.1, 0.15) is 0 Å². The third-order valence-electron chi connectivity index (χ3n) is 4.24. The zero-order valence-corrected chi connectivity index (χ0v) is 11.7. The van der Waals surface area contributed by atoms with Crippen molar-refractivity contribution in [3.8, 4) is 0 Å². The molecule has 1 aliphatic carbocycles. The lowest BCUT2D eigenvalue weighted by molar-refractivity contribution is -0.127. The van der Waals surface area contributed by atoms with E-state index in [2.05, 4.69) is 5.32 Å². The normalized spacial score (nSPS) is 16.9. The van der Waals surface area contributed by atoms with Crippen molar-refractivity contribution in [3.05, 3.63) is 36.0 Å². The molecule has 1 atom stereocenters. The van der Waals surface area contributed by atoms with Crippen LogP contribution in [0.25, 0.3) is 10.9 Å². The Morgan fingerprint density at radius 2 is 2.25 bits per heavy atom. The molecule has 3 rings (SSSR count). The second kappa shape index (κ2) is 5.29. The van der Waals surface area contributed by atoms with E-state index in [9.17, 15) is 9.90 Å². The van der Waals surface area contributed by atoms with Crippen LogP contribution >= 0.6 is 0 Å². The summed E-state index contributed by atoms with van der Waals surface area (Å²) in [5.74, 6) is 0.245. The van der Waals surface area contributed by atoms with Crippen LogP contribution in [0.4, 0.5) is 0 Å². The maximum atomic E-state index is 11.8. The van der Waals surface area contributed by atoms with Crippen molar-refractivity contribution in [2.24, 2.45) is 13.0 Å². The van der Waals surface area contributed by atoms with Gasteiger partial charge in [0.15, 0.2) is 0 Å². The molecule has 1 saturated carbocycles. The van der Waals surface area contributed by atoms with Crippen molar-refractivity contribution >= 4 is 16.8 Å². The lowest BCUT2D eigenvalue weighted by Crippen LogP contribution is -2.36. The first-order valence-corrected chi connectivity index (χ1v) is 7.16. The van der Waals surface area contributed by atoms with Gasteiger partial charge in [-0.3, -0.25) is 4.79 Å². The molecule has 1 aliphatic rings. The molecular formula is C16H20N2O2. The van der Waals surface area contributed by atoms with Crippen LogP contribution in [0.1, 0.15) is 30.9 Å². The third-order valence-corrected chi connectivity index (χ3v) is 4.24. The second-order valence-corrected chi connectivity index (χ2v) is 5.63. The number of nitrogens with zero attached hydrogens (tertiary/aromatic N) is 1. The van der Waals surface area contributed by atoms with Gasteiger partial charge in [-0.25, -0.2) is 0 Å². The molecule has 1 heterocycles. The van der Waals surface area contributed by atoms with E-state index in [4.69, 9.17) is 0 Å². The summed E-state index contributed by atoms with van der Waals surface area (Å²) in [5, 5.41) is 14.1. The predicted octanol–water partition coefficient (Wildman–Crippen LogP) is 2.13. The summed E-state index contributed by atoms with van der Waals surface area (Å²) < 4.78 is 2.05. The number of benzene rings is 1. The van der Waals surface area contributed by atoms with Gasteiger partial charge in [-0.2, -0.15) is 0 Å². The van der Waals surface area contributed by atoms with Crippen LogP contribution in [0.2, 0.25) is 0 Å². The minimum atomic E-state index is -0.649. The summed E-state index contributed by atoms with van der Waals surface area (Å²) in [4.78, 5) is 11.8. The van der Waals surface area contributed by atoms with E-state index in [0.717, 1.165) is 35.7 Å². The number of rotatable bonds is 4. The molecule has 106 valence electrons. The van der Waals surface area contributed by atoms with Crippen LogP contribution in [0, 0.1) is 5.92 Å². The molecular weight excluding hydrogens is 252 g/mol. The summed E-state index contributed by atoms with van der Waals surface area (Å²) in [5.41, 5.74) is 1.98. The summed E-state index contributed by atoms with van der Waals surface area (Å²) >= 11 is 0. The Bertz CT molecular complexity index is 628. The molecule has 0 bridgehead atoms. The Hall–Kier alpha value is -1.81. The van der Waals surface area contributed by atoms with Crippen molar-refractivity contribution < 1.29 is 9.90 Å². The minimum absolute atomic E-state index is 0.0797. The first-order chi connectivity index (χ1) is 9.65. The molecule has 0 radical (unpaired) electrons. The molecule has 1 fully saturated rings. The third kappa shape index (κ3) is 2.43. The van der Waals surface area contributed by atoms with Gasteiger partial charge in [0.05, 0.1) is 6.10 Å². The SMILES string of the molecule is Cn1ccc2cc([C@H](O)CNC(=O)C3CCC3)ccc21. The van der Waals surface area contributed by atoms with Crippen LogP contribution in [0.15, 0.2) is 30.5 Å². The van der Waals surface area contributed by atoms with Crippen molar-refractivity contribution in [3.63, 3.8) is 0 Å². The summed E-state index contributed by atoms with van der Waals surface area (Å²) in [6.07, 6.45) is 4.46. The van der Waals surface area contributed by atoms with Gasteiger partial charge < -0.3 is 15.0 Å². The van der Waals surface area contributed by atoms with Gasteiger partial charge in [-0.1, -0.05) is 12.5 Å². The lowest BCUT2D eigenvalue weighted by Gasteiger charge is -2.24. The summed E-state index contributed by atoms with van der Waals surface area (Å²) in [7, 11) is 2.00. The molecule has 1 aromatic heterocycles. The van der Waals surface area contributed by atoms with Crippen molar-refractivity contribution in [1.82, 2.24) is 9.88 Å². The van der Waals surface area contributed by atoms with E-state index in [0.29, 0.717) is 0 Å². The average Bonchev–Trinajstić information content (AvgIpc) is 2.75. The number of aliphatic hydroxyl groups excluding tert-OH is 1. The number of carbonyl (C=O) groups is 1. The van der Waals surface area contributed by atoms with Crippen LogP contribution in [0.3, 0.4) is 0 Å². The Kier molecular flexibility index (Phi) is 3.49. The molecule has 0 spiro atoms. The number of nitrogens with one attached hydrogen (secondary N) is 1. The topological polar surface area (TPSA) is 54.3 Å². The van der Waals surface area contributed by atoms with E-state index in [1.165, 1.54) is 0 Å². The Morgan fingerprint density at radius 1 is 1.45 bits per heavy atom. The van der Waals surface area contributed by atoms with Gasteiger partial charge in [0.2, 0.25) is 5.91 Å². The highest BCUT2D eigenvalue weighted by atomic mass is 16.3. The molecule has 4 heteroatoms. The standard InChI is InChI=1S/C16H20N2O2/c1-18-8-7-12-9-13(5-6-14(12)18)15(19)10-17-16(20)11-3-2-4-11/h5-9,11,15,19H,2-4,10H2,1H3,(H,17,20)/t15-/m1/s1. The summed E-state index contributed by atoms with van der Waals surface area (Å²) in [6, 6.07) is 7.93. The smallest absolute Gasteiger partial charge is 0.223 e. The average molecular weight is 272 g/mol. The van der Waals surface area contributed by atoms with Gasteiger partial charge in [0, 0.05) is 31.2 Å². The van der Waals surface area contributed by atoms with Crippen LogP contribution in [0.5, 0.6) is 0 Å². The van der Waals surface area contributed by atoms with Gasteiger partial charge in [-0.05, 0) is 42.0 Å². The maximum absolute atomic E-state index is 11.8. The first-order valence-electron chi connectivity index (χ1n) is 7.16. The van der Waals surface area contributed by atoms with Crippen LogP contribution in [-0.2, 0) is 11.8 Å². The Morgan fingerprint density at radius 3 is 2.95 bits per heavy atom. The molecule has 1 amide bonds. The minimum Gasteiger partial charge on any atom is -0.387 e. The van der Waals surface area contributed by atoms with E-state index in [1.807, 2.05) is 42.1 Å². The number of hydrogen-bond acceptors (Lipinski definition) is 2. The molecule has 4 nitrogen and oxygen atoms in total. The molecule has 1 aromatic carbocycles. The number of aliphatic hydroxyl groups is 1. The first kappa shape index (κ1) is 13.2. The number of aryl methyl sites for hydroxylation is 1. The lowest BCUT2D eigenvalue weighted by atomic mass is 9.85. The Balaban J connectivity index is 1.65. The van der Waals surface area contributed by atoms with Gasteiger partial charge >= 0.3 is 0 Å².